The summed E-state index contributed by atoms with van der Waals surface area (Å²) in [6.45, 7) is 0.473. The fraction of sp³-hybridized carbons (Fsp3) is 0.286. The van der Waals surface area contributed by atoms with Crippen molar-refractivity contribution in [3.63, 3.8) is 0 Å². The first-order chi connectivity index (χ1) is 5.77. The molecule has 0 saturated heterocycles. The van der Waals surface area contributed by atoms with Gasteiger partial charge in [-0.1, -0.05) is 0 Å². The lowest BCUT2D eigenvalue weighted by Gasteiger charge is -2.19. The van der Waals surface area contributed by atoms with Crippen LogP contribution in [0, 0.1) is 0 Å². The second-order valence-electron chi connectivity index (χ2n) is 2.60. The Kier molecular flexibility index (Phi) is 1.43. The van der Waals surface area contributed by atoms with Crippen LogP contribution in [0.4, 0.5) is 4.79 Å². The van der Waals surface area contributed by atoms with Crippen LogP contribution in [0.3, 0.4) is 0 Å². The fourth-order valence-electron chi connectivity index (χ4n) is 1.20. The van der Waals surface area contributed by atoms with E-state index in [1.807, 2.05) is 0 Å². The molecule has 0 aromatic carbocycles. The van der Waals surface area contributed by atoms with E-state index >= 15 is 0 Å². The predicted octanol–water partition coefficient (Wildman–Crippen LogP) is 0.694. The SMILES string of the molecule is O=C(O)N1C=C2C=NN=C2CC1. The van der Waals surface area contributed by atoms with E-state index in [4.69, 9.17) is 5.11 Å². The highest BCUT2D eigenvalue weighted by atomic mass is 16.4. The van der Waals surface area contributed by atoms with E-state index in [-0.39, 0.29) is 0 Å². The Morgan fingerprint density at radius 2 is 2.50 bits per heavy atom. The van der Waals surface area contributed by atoms with Crippen molar-refractivity contribution >= 4 is 18.0 Å². The van der Waals surface area contributed by atoms with Crippen LogP contribution in [-0.2, 0) is 0 Å². The predicted molar refractivity (Wildman–Crippen MR) is 43.4 cm³/mol. The molecule has 2 aliphatic rings. The summed E-state index contributed by atoms with van der Waals surface area (Å²) in [5, 5.41) is 16.2. The molecule has 5 heteroatoms. The molecular formula is C7H7N3O2. The van der Waals surface area contributed by atoms with E-state index < -0.39 is 6.09 Å². The van der Waals surface area contributed by atoms with Gasteiger partial charge in [0.1, 0.15) is 0 Å². The van der Waals surface area contributed by atoms with Crippen LogP contribution in [-0.4, -0.2) is 34.6 Å². The first kappa shape index (κ1) is 7.02. The monoisotopic (exact) mass is 165 g/mol. The number of amides is 1. The molecule has 0 fully saturated rings. The molecule has 2 heterocycles. The average Bonchev–Trinajstić information content (AvgIpc) is 2.49. The Morgan fingerprint density at radius 1 is 1.67 bits per heavy atom. The van der Waals surface area contributed by atoms with E-state index in [1.165, 1.54) is 4.90 Å². The zero-order chi connectivity index (χ0) is 8.55. The minimum atomic E-state index is -0.929. The molecule has 2 rings (SSSR count). The molecule has 0 spiro atoms. The molecule has 0 aromatic heterocycles. The van der Waals surface area contributed by atoms with Gasteiger partial charge in [-0.15, -0.1) is 0 Å². The third-order valence-corrected chi connectivity index (χ3v) is 1.84. The topological polar surface area (TPSA) is 65.3 Å². The number of hydrogen-bond donors (Lipinski definition) is 1. The van der Waals surface area contributed by atoms with Gasteiger partial charge in [-0.05, 0) is 0 Å². The van der Waals surface area contributed by atoms with Crippen molar-refractivity contribution in [2.24, 2.45) is 10.2 Å². The molecule has 62 valence electrons. The third-order valence-electron chi connectivity index (χ3n) is 1.84. The normalized spacial score (nSPS) is 20.2. The summed E-state index contributed by atoms with van der Waals surface area (Å²) >= 11 is 0. The van der Waals surface area contributed by atoms with E-state index in [1.54, 1.807) is 12.4 Å². The average molecular weight is 165 g/mol. The van der Waals surface area contributed by atoms with Gasteiger partial charge in [0.25, 0.3) is 0 Å². The Labute approximate surface area is 68.7 Å². The fourth-order valence-corrected chi connectivity index (χ4v) is 1.20. The van der Waals surface area contributed by atoms with Crippen LogP contribution in [0.25, 0.3) is 0 Å². The number of hydrogen-bond acceptors (Lipinski definition) is 3. The lowest BCUT2D eigenvalue weighted by Crippen LogP contribution is -2.31. The third kappa shape index (κ3) is 0.990. The summed E-state index contributed by atoms with van der Waals surface area (Å²) in [5.41, 5.74) is 1.69. The van der Waals surface area contributed by atoms with Crippen molar-refractivity contribution in [1.82, 2.24) is 4.90 Å². The van der Waals surface area contributed by atoms with Crippen molar-refractivity contribution < 1.29 is 9.90 Å². The highest BCUT2D eigenvalue weighted by Gasteiger charge is 2.21. The Hall–Kier alpha value is -1.65. The summed E-state index contributed by atoms with van der Waals surface area (Å²) in [6, 6.07) is 0. The molecule has 0 unspecified atom stereocenters. The van der Waals surface area contributed by atoms with Crippen LogP contribution in [0.5, 0.6) is 0 Å². The highest BCUT2D eigenvalue weighted by molar-refractivity contribution is 6.19. The first-order valence-corrected chi connectivity index (χ1v) is 3.59. The molecule has 0 atom stereocenters. The van der Waals surface area contributed by atoms with Crippen LogP contribution in [0.1, 0.15) is 6.42 Å². The van der Waals surface area contributed by atoms with E-state index in [0.717, 1.165) is 11.3 Å². The molecule has 1 N–H and O–H groups in total. The maximum atomic E-state index is 10.5. The van der Waals surface area contributed by atoms with Crippen LogP contribution in [0.15, 0.2) is 22.0 Å². The minimum Gasteiger partial charge on any atom is -0.465 e. The maximum absolute atomic E-state index is 10.5. The smallest absolute Gasteiger partial charge is 0.411 e. The van der Waals surface area contributed by atoms with E-state index in [2.05, 4.69) is 10.2 Å². The highest BCUT2D eigenvalue weighted by Crippen LogP contribution is 2.15. The van der Waals surface area contributed by atoms with Gasteiger partial charge in [0.2, 0.25) is 0 Å². The molecule has 0 aliphatic carbocycles. The van der Waals surface area contributed by atoms with Gasteiger partial charge in [0.05, 0.1) is 11.9 Å². The number of carboxylic acid groups (broad SMARTS) is 1. The van der Waals surface area contributed by atoms with Gasteiger partial charge in [-0.25, -0.2) is 4.79 Å². The molecule has 0 bridgehead atoms. The molecular weight excluding hydrogens is 158 g/mol. The number of allylic oxidation sites excluding steroid dienone is 1. The Balaban J connectivity index is 2.27. The number of fused-ring (bicyclic) bond motifs is 1. The zero-order valence-corrected chi connectivity index (χ0v) is 6.27. The van der Waals surface area contributed by atoms with Gasteiger partial charge >= 0.3 is 6.09 Å². The quantitative estimate of drug-likeness (QED) is 0.574. The number of carbonyl (C=O) groups is 1. The van der Waals surface area contributed by atoms with Crippen molar-refractivity contribution in [2.45, 2.75) is 6.42 Å². The van der Waals surface area contributed by atoms with Crippen molar-refractivity contribution in [2.75, 3.05) is 6.54 Å². The molecule has 0 aromatic rings. The van der Waals surface area contributed by atoms with Crippen LogP contribution in [0.2, 0.25) is 0 Å². The molecule has 0 radical (unpaired) electrons. The first-order valence-electron chi connectivity index (χ1n) is 3.59. The second-order valence-corrected chi connectivity index (χ2v) is 2.60. The number of nitrogens with zero attached hydrogens (tertiary/aromatic N) is 3. The summed E-state index contributed by atoms with van der Waals surface area (Å²) in [7, 11) is 0. The van der Waals surface area contributed by atoms with Crippen molar-refractivity contribution in [1.29, 1.82) is 0 Å². The largest absolute Gasteiger partial charge is 0.465 e. The molecule has 12 heavy (non-hydrogen) atoms. The standard InChI is InChI=1S/C7H7N3O2/c11-7(12)10-2-1-6-5(4-10)3-8-9-6/h3-4H,1-2H2,(H,11,12). The summed E-state index contributed by atoms with van der Waals surface area (Å²) < 4.78 is 0. The van der Waals surface area contributed by atoms with Gasteiger partial charge < -0.3 is 5.11 Å². The zero-order valence-electron chi connectivity index (χ0n) is 6.27. The van der Waals surface area contributed by atoms with Crippen molar-refractivity contribution in [3.8, 4) is 0 Å². The summed E-state index contributed by atoms with van der Waals surface area (Å²) in [5.74, 6) is 0. The van der Waals surface area contributed by atoms with Gasteiger partial charge in [-0.2, -0.15) is 10.2 Å². The van der Waals surface area contributed by atoms with Crippen molar-refractivity contribution in [3.05, 3.63) is 11.8 Å². The Morgan fingerprint density at radius 3 is 3.25 bits per heavy atom. The summed E-state index contributed by atoms with van der Waals surface area (Å²) in [6.07, 6.45) is 2.85. The van der Waals surface area contributed by atoms with E-state index in [9.17, 15) is 4.79 Å². The van der Waals surface area contributed by atoms with E-state index in [0.29, 0.717) is 13.0 Å². The second kappa shape index (κ2) is 2.44. The molecule has 2 aliphatic heterocycles. The molecule has 5 nitrogen and oxygen atoms in total. The molecule has 1 amide bonds. The van der Waals surface area contributed by atoms with Gasteiger partial charge in [0.15, 0.2) is 0 Å². The maximum Gasteiger partial charge on any atom is 0.411 e. The lowest BCUT2D eigenvalue weighted by atomic mass is 10.1. The number of rotatable bonds is 0. The van der Waals surface area contributed by atoms with Crippen LogP contribution >= 0.6 is 0 Å². The van der Waals surface area contributed by atoms with Gasteiger partial charge in [-0.3, -0.25) is 4.90 Å². The molecule has 0 saturated carbocycles. The van der Waals surface area contributed by atoms with Crippen LogP contribution < -0.4 is 0 Å². The van der Waals surface area contributed by atoms with Gasteiger partial charge in [0, 0.05) is 24.7 Å². The Bertz CT molecular complexity index is 317. The lowest BCUT2D eigenvalue weighted by molar-refractivity contribution is 0.163. The summed E-state index contributed by atoms with van der Waals surface area (Å²) in [4.78, 5) is 11.8. The minimum absolute atomic E-state index is 0.473.